The van der Waals surface area contributed by atoms with Crippen LogP contribution in [0.2, 0.25) is 0 Å². The first kappa shape index (κ1) is 18.8. The number of nitrogens with zero attached hydrogens (tertiary/aromatic N) is 3. The zero-order valence-electron chi connectivity index (χ0n) is 16.0. The molecule has 5 rings (SSSR count). The minimum Gasteiger partial charge on any atom is -0.320 e. The third-order valence-electron chi connectivity index (χ3n) is 5.59. The van der Waals surface area contributed by atoms with E-state index in [1.54, 1.807) is 0 Å². The van der Waals surface area contributed by atoms with Crippen LogP contribution in [0.1, 0.15) is 30.8 Å². The third kappa shape index (κ3) is 2.68. The predicted octanol–water partition coefficient (Wildman–Crippen LogP) is 5.35. The summed E-state index contributed by atoms with van der Waals surface area (Å²) in [7, 11) is 0. The zero-order valence-corrected chi connectivity index (χ0v) is 18.4. The molecule has 1 aliphatic rings. The Morgan fingerprint density at radius 1 is 0.857 bits per heavy atom. The molecule has 1 aromatic heterocycles. The van der Waals surface area contributed by atoms with E-state index in [-0.39, 0.29) is 25.5 Å². The van der Waals surface area contributed by atoms with Gasteiger partial charge in [-0.1, -0.05) is 61.9 Å². The molecule has 0 spiro atoms. The smallest absolute Gasteiger partial charge is 0.125 e. The molecule has 0 amide bonds. The van der Waals surface area contributed by atoms with Crippen molar-refractivity contribution in [3.63, 3.8) is 0 Å². The van der Waals surface area contributed by atoms with E-state index >= 15 is 0 Å². The van der Waals surface area contributed by atoms with Gasteiger partial charge in [0.2, 0.25) is 0 Å². The quantitative estimate of drug-likeness (QED) is 0.320. The number of para-hydroxylation sites is 1. The Hall–Kier alpha value is -2.55. The number of fused-ring (bicyclic) bond motifs is 3. The molecular weight excluding hydrogens is 523 g/mol. The summed E-state index contributed by atoms with van der Waals surface area (Å²) in [5.74, 6) is 1.69. The number of hydrogen-bond donors (Lipinski definition) is 0. The van der Waals surface area contributed by atoms with E-state index in [2.05, 4.69) is 83.2 Å². The Kier molecular flexibility index (Phi) is 4.57. The van der Waals surface area contributed by atoms with E-state index < -0.39 is 0 Å². The third-order valence-corrected chi connectivity index (χ3v) is 5.59. The van der Waals surface area contributed by atoms with Gasteiger partial charge in [-0.3, -0.25) is 0 Å². The van der Waals surface area contributed by atoms with Crippen molar-refractivity contribution in [1.29, 1.82) is 0 Å². The van der Waals surface area contributed by atoms with Gasteiger partial charge in [-0.25, -0.2) is 0 Å². The topological polar surface area (TPSA) is 30.7 Å². The van der Waals surface area contributed by atoms with Crippen LogP contribution in [0.15, 0.2) is 66.7 Å². The van der Waals surface area contributed by atoms with Crippen molar-refractivity contribution in [3.05, 3.63) is 89.7 Å². The molecule has 3 aromatic carbocycles. The molecule has 28 heavy (non-hydrogen) atoms. The molecule has 0 saturated heterocycles. The van der Waals surface area contributed by atoms with E-state index in [4.69, 9.17) is 0 Å². The van der Waals surface area contributed by atoms with Crippen LogP contribution in [0, 0.1) is 13.0 Å². The SMILES string of the molecule is Cc1nnc(-c2[c-]cc3c(c2)-c2ccccc2C3(C)C)n1-c1ccccc1.[Ir]. The maximum atomic E-state index is 4.46. The van der Waals surface area contributed by atoms with Crippen LogP contribution in [0.4, 0.5) is 0 Å². The number of aryl methyl sites for hydroxylation is 1. The fraction of sp³-hybridized carbons (Fsp3) is 0.167. The van der Waals surface area contributed by atoms with Gasteiger partial charge in [-0.15, -0.1) is 34.4 Å². The summed E-state index contributed by atoms with van der Waals surface area (Å²) >= 11 is 0. The maximum Gasteiger partial charge on any atom is 0.125 e. The van der Waals surface area contributed by atoms with Crippen molar-refractivity contribution in [2.24, 2.45) is 0 Å². The largest absolute Gasteiger partial charge is 0.320 e. The summed E-state index contributed by atoms with van der Waals surface area (Å²) in [5.41, 5.74) is 7.26. The molecule has 0 bridgehead atoms. The van der Waals surface area contributed by atoms with Crippen molar-refractivity contribution >= 4 is 0 Å². The Morgan fingerprint density at radius 2 is 1.57 bits per heavy atom. The van der Waals surface area contributed by atoms with E-state index in [1.165, 1.54) is 22.3 Å². The van der Waals surface area contributed by atoms with Gasteiger partial charge < -0.3 is 4.57 Å². The number of hydrogen-bond acceptors (Lipinski definition) is 2. The van der Waals surface area contributed by atoms with Gasteiger partial charge >= 0.3 is 0 Å². The summed E-state index contributed by atoms with van der Waals surface area (Å²) in [6, 6.07) is 26.7. The van der Waals surface area contributed by atoms with Gasteiger partial charge in [0.1, 0.15) is 5.82 Å². The molecular formula is C24H20IrN3-. The van der Waals surface area contributed by atoms with E-state index in [0.717, 1.165) is 22.9 Å². The molecule has 1 aliphatic carbocycles. The number of aromatic nitrogens is 3. The average molecular weight is 543 g/mol. The number of rotatable bonds is 2. The monoisotopic (exact) mass is 543 g/mol. The molecule has 3 nitrogen and oxygen atoms in total. The van der Waals surface area contributed by atoms with Gasteiger partial charge in [-0.05, 0) is 35.6 Å². The van der Waals surface area contributed by atoms with Crippen LogP contribution >= 0.6 is 0 Å². The molecule has 0 aliphatic heterocycles. The normalized spacial score (nSPS) is 13.5. The van der Waals surface area contributed by atoms with Gasteiger partial charge in [0, 0.05) is 25.8 Å². The van der Waals surface area contributed by atoms with Gasteiger partial charge in [0.25, 0.3) is 0 Å². The molecule has 4 heteroatoms. The van der Waals surface area contributed by atoms with Crippen LogP contribution in [0.25, 0.3) is 28.2 Å². The maximum absolute atomic E-state index is 4.46. The Balaban J connectivity index is 0.00000192. The van der Waals surface area contributed by atoms with Crippen LogP contribution in [0.5, 0.6) is 0 Å². The van der Waals surface area contributed by atoms with Crippen LogP contribution in [-0.4, -0.2) is 14.8 Å². The molecule has 0 unspecified atom stereocenters. The van der Waals surface area contributed by atoms with Crippen molar-refractivity contribution in [3.8, 4) is 28.2 Å². The molecule has 0 atom stereocenters. The molecule has 1 heterocycles. The first-order valence-electron chi connectivity index (χ1n) is 9.21. The minimum atomic E-state index is -0.00994. The van der Waals surface area contributed by atoms with Crippen LogP contribution in [-0.2, 0) is 25.5 Å². The van der Waals surface area contributed by atoms with Crippen molar-refractivity contribution in [2.75, 3.05) is 0 Å². The Bertz CT molecular complexity index is 1160. The summed E-state index contributed by atoms with van der Waals surface area (Å²) < 4.78 is 2.09. The standard InChI is InChI=1S/C24H20N3.Ir/c1-16-25-26-23(27(16)18-9-5-4-6-10-18)17-13-14-22-20(15-17)19-11-7-8-12-21(19)24(22,2)3;/h4-12,14-15H,1-3H3;/q-1;. The summed E-state index contributed by atoms with van der Waals surface area (Å²) in [6.45, 7) is 6.54. The van der Waals surface area contributed by atoms with Crippen molar-refractivity contribution in [1.82, 2.24) is 14.8 Å². The fourth-order valence-corrected chi connectivity index (χ4v) is 4.19. The van der Waals surface area contributed by atoms with E-state index in [9.17, 15) is 0 Å². The average Bonchev–Trinajstić information content (AvgIpc) is 3.19. The van der Waals surface area contributed by atoms with Crippen molar-refractivity contribution < 1.29 is 20.1 Å². The predicted molar refractivity (Wildman–Crippen MR) is 108 cm³/mol. The van der Waals surface area contributed by atoms with E-state index in [1.807, 2.05) is 25.1 Å². The second-order valence-electron chi connectivity index (χ2n) is 7.59. The van der Waals surface area contributed by atoms with Crippen LogP contribution in [0.3, 0.4) is 0 Å². The van der Waals surface area contributed by atoms with Gasteiger partial charge in [0.05, 0.1) is 5.82 Å². The Labute approximate surface area is 178 Å². The minimum absolute atomic E-state index is 0. The molecule has 0 N–H and O–H groups in total. The summed E-state index contributed by atoms with van der Waals surface area (Å²) in [6.07, 6.45) is 0. The summed E-state index contributed by atoms with van der Waals surface area (Å²) in [5, 5.41) is 8.79. The number of benzene rings is 3. The van der Waals surface area contributed by atoms with Gasteiger partial charge in [0.15, 0.2) is 0 Å². The fourth-order valence-electron chi connectivity index (χ4n) is 4.19. The zero-order chi connectivity index (χ0) is 18.6. The first-order chi connectivity index (χ1) is 13.1. The Morgan fingerprint density at radius 3 is 2.36 bits per heavy atom. The second kappa shape index (κ2) is 6.80. The molecule has 4 aromatic rings. The first-order valence-corrected chi connectivity index (χ1v) is 9.21. The van der Waals surface area contributed by atoms with Gasteiger partial charge in [-0.2, -0.15) is 5.10 Å². The molecule has 0 saturated carbocycles. The second-order valence-corrected chi connectivity index (χ2v) is 7.59. The molecule has 1 radical (unpaired) electrons. The summed E-state index contributed by atoms with van der Waals surface area (Å²) in [4.78, 5) is 0. The van der Waals surface area contributed by atoms with E-state index in [0.29, 0.717) is 0 Å². The van der Waals surface area contributed by atoms with Crippen molar-refractivity contribution in [2.45, 2.75) is 26.2 Å². The molecule has 141 valence electrons. The molecule has 0 fully saturated rings. The van der Waals surface area contributed by atoms with Crippen LogP contribution < -0.4 is 0 Å².